The predicted octanol–water partition coefficient (Wildman–Crippen LogP) is 2.90. The fourth-order valence-electron chi connectivity index (χ4n) is 1.55. The van der Waals surface area contributed by atoms with E-state index in [0.717, 1.165) is 32.2 Å². The lowest BCUT2D eigenvalue weighted by atomic mass is 9.96. The first-order valence-electron chi connectivity index (χ1n) is 5.62. The molecular weight excluding hydrogens is 174 g/mol. The number of carbonyl (C=O) groups excluding carboxylic acids is 1. The van der Waals surface area contributed by atoms with Crippen LogP contribution in [0.1, 0.15) is 46.0 Å². The van der Waals surface area contributed by atoms with Crippen molar-refractivity contribution in [3.63, 3.8) is 0 Å². The van der Waals surface area contributed by atoms with Gasteiger partial charge in [0.15, 0.2) is 0 Å². The lowest BCUT2D eigenvalue weighted by Crippen LogP contribution is -2.26. The molecule has 0 aliphatic carbocycles. The summed E-state index contributed by atoms with van der Waals surface area (Å²) in [5.41, 5.74) is 0. The number of allylic oxidation sites excluding steroid dienone is 1. The molecule has 2 heteroatoms. The van der Waals surface area contributed by atoms with Crippen molar-refractivity contribution in [2.45, 2.75) is 46.0 Å². The van der Waals surface area contributed by atoms with Crippen LogP contribution in [-0.2, 0) is 4.79 Å². The van der Waals surface area contributed by atoms with Gasteiger partial charge in [-0.3, -0.25) is 4.79 Å². The topological polar surface area (TPSA) is 29.1 Å². The van der Waals surface area contributed by atoms with E-state index in [0.29, 0.717) is 12.3 Å². The van der Waals surface area contributed by atoms with Gasteiger partial charge < -0.3 is 5.32 Å². The normalized spacial score (nSPS) is 12.1. The summed E-state index contributed by atoms with van der Waals surface area (Å²) in [7, 11) is 0. The van der Waals surface area contributed by atoms with Crippen LogP contribution in [0.15, 0.2) is 12.7 Å². The molecule has 0 saturated heterocycles. The Balaban J connectivity index is 3.76. The van der Waals surface area contributed by atoms with E-state index in [9.17, 15) is 4.79 Å². The second-order valence-corrected chi connectivity index (χ2v) is 3.73. The summed E-state index contributed by atoms with van der Waals surface area (Å²) in [4.78, 5) is 11.4. The van der Waals surface area contributed by atoms with E-state index in [2.05, 4.69) is 25.7 Å². The molecule has 0 aliphatic heterocycles. The SMILES string of the molecule is C=CC[C@@H](CCC)CC(=O)NCCC. The van der Waals surface area contributed by atoms with Crippen LogP contribution >= 0.6 is 0 Å². The van der Waals surface area contributed by atoms with Crippen molar-refractivity contribution in [1.29, 1.82) is 0 Å². The molecule has 0 heterocycles. The third-order valence-corrected chi connectivity index (χ3v) is 2.24. The smallest absolute Gasteiger partial charge is 0.220 e. The zero-order chi connectivity index (χ0) is 10.8. The van der Waals surface area contributed by atoms with Crippen molar-refractivity contribution in [3.05, 3.63) is 12.7 Å². The Morgan fingerprint density at radius 2 is 2.14 bits per heavy atom. The Labute approximate surface area is 87.8 Å². The zero-order valence-corrected chi connectivity index (χ0v) is 9.51. The number of hydrogen-bond acceptors (Lipinski definition) is 1. The van der Waals surface area contributed by atoms with E-state index in [1.807, 2.05) is 6.08 Å². The maximum Gasteiger partial charge on any atom is 0.220 e. The first-order chi connectivity index (χ1) is 6.74. The summed E-state index contributed by atoms with van der Waals surface area (Å²) in [5, 5.41) is 2.91. The third-order valence-electron chi connectivity index (χ3n) is 2.24. The molecule has 0 spiro atoms. The minimum Gasteiger partial charge on any atom is -0.356 e. The molecule has 0 saturated carbocycles. The Hall–Kier alpha value is -0.790. The van der Waals surface area contributed by atoms with Crippen LogP contribution in [0.5, 0.6) is 0 Å². The van der Waals surface area contributed by atoms with Gasteiger partial charge in [-0.15, -0.1) is 6.58 Å². The molecule has 0 rings (SSSR count). The first-order valence-corrected chi connectivity index (χ1v) is 5.62. The number of hydrogen-bond donors (Lipinski definition) is 1. The highest BCUT2D eigenvalue weighted by Crippen LogP contribution is 2.15. The molecular formula is C12H23NO. The van der Waals surface area contributed by atoms with Crippen LogP contribution in [0.2, 0.25) is 0 Å². The van der Waals surface area contributed by atoms with Crippen LogP contribution in [0.3, 0.4) is 0 Å². The Morgan fingerprint density at radius 3 is 2.64 bits per heavy atom. The molecule has 1 atom stereocenters. The van der Waals surface area contributed by atoms with E-state index in [4.69, 9.17) is 0 Å². The number of nitrogens with one attached hydrogen (secondary N) is 1. The number of rotatable bonds is 8. The third kappa shape index (κ3) is 6.70. The summed E-state index contributed by atoms with van der Waals surface area (Å²) in [6, 6.07) is 0. The van der Waals surface area contributed by atoms with Gasteiger partial charge in [0.1, 0.15) is 0 Å². The quantitative estimate of drug-likeness (QED) is 0.596. The first kappa shape index (κ1) is 13.2. The lowest BCUT2D eigenvalue weighted by Gasteiger charge is -2.13. The van der Waals surface area contributed by atoms with Gasteiger partial charge in [-0.25, -0.2) is 0 Å². The van der Waals surface area contributed by atoms with Gasteiger partial charge in [-0.05, 0) is 25.2 Å². The molecule has 0 fully saturated rings. The van der Waals surface area contributed by atoms with Gasteiger partial charge in [0, 0.05) is 13.0 Å². The molecule has 0 aromatic carbocycles. The van der Waals surface area contributed by atoms with Gasteiger partial charge >= 0.3 is 0 Å². The average Bonchev–Trinajstić information content (AvgIpc) is 2.15. The minimum absolute atomic E-state index is 0.187. The van der Waals surface area contributed by atoms with Crippen molar-refractivity contribution >= 4 is 5.91 Å². The van der Waals surface area contributed by atoms with Crippen LogP contribution in [0, 0.1) is 5.92 Å². The molecule has 14 heavy (non-hydrogen) atoms. The summed E-state index contributed by atoms with van der Waals surface area (Å²) in [5.74, 6) is 0.668. The molecule has 0 aromatic heterocycles. The number of amides is 1. The summed E-state index contributed by atoms with van der Waals surface area (Å²) >= 11 is 0. The molecule has 0 unspecified atom stereocenters. The van der Waals surface area contributed by atoms with Crippen molar-refractivity contribution < 1.29 is 4.79 Å². The van der Waals surface area contributed by atoms with Gasteiger partial charge in [-0.2, -0.15) is 0 Å². The maximum atomic E-state index is 11.4. The van der Waals surface area contributed by atoms with E-state index >= 15 is 0 Å². The molecule has 1 amide bonds. The van der Waals surface area contributed by atoms with E-state index < -0.39 is 0 Å². The van der Waals surface area contributed by atoms with E-state index in [1.54, 1.807) is 0 Å². The maximum absolute atomic E-state index is 11.4. The Morgan fingerprint density at radius 1 is 1.43 bits per heavy atom. The van der Waals surface area contributed by atoms with Crippen LogP contribution in [0.4, 0.5) is 0 Å². The largest absolute Gasteiger partial charge is 0.356 e. The highest BCUT2D eigenvalue weighted by atomic mass is 16.1. The predicted molar refractivity (Wildman–Crippen MR) is 61.1 cm³/mol. The van der Waals surface area contributed by atoms with Crippen LogP contribution in [0.25, 0.3) is 0 Å². The molecule has 1 N–H and O–H groups in total. The van der Waals surface area contributed by atoms with Gasteiger partial charge in [0.05, 0.1) is 0 Å². The van der Waals surface area contributed by atoms with Crippen molar-refractivity contribution in [3.8, 4) is 0 Å². The zero-order valence-electron chi connectivity index (χ0n) is 9.51. The molecule has 82 valence electrons. The van der Waals surface area contributed by atoms with Gasteiger partial charge in [0.2, 0.25) is 5.91 Å². The Bertz CT molecular complexity index is 166. The second-order valence-electron chi connectivity index (χ2n) is 3.73. The average molecular weight is 197 g/mol. The fraction of sp³-hybridized carbons (Fsp3) is 0.750. The molecule has 0 bridgehead atoms. The minimum atomic E-state index is 0.187. The molecule has 0 aliphatic rings. The number of carbonyl (C=O) groups is 1. The highest BCUT2D eigenvalue weighted by molar-refractivity contribution is 5.76. The standard InChI is InChI=1S/C12H23NO/c1-4-7-11(8-5-2)10-12(14)13-9-6-3/h4,11H,1,5-10H2,2-3H3,(H,13,14)/t11-/m0/s1. The highest BCUT2D eigenvalue weighted by Gasteiger charge is 2.10. The van der Waals surface area contributed by atoms with Crippen LogP contribution in [-0.4, -0.2) is 12.5 Å². The second kappa shape index (κ2) is 8.79. The molecule has 2 nitrogen and oxygen atoms in total. The summed E-state index contributed by atoms with van der Waals surface area (Å²) < 4.78 is 0. The summed E-state index contributed by atoms with van der Waals surface area (Å²) in [6.07, 6.45) is 6.78. The van der Waals surface area contributed by atoms with Crippen molar-refractivity contribution in [2.24, 2.45) is 5.92 Å². The van der Waals surface area contributed by atoms with Gasteiger partial charge in [-0.1, -0.05) is 26.3 Å². The Kier molecular flexibility index (Phi) is 8.30. The fourth-order valence-corrected chi connectivity index (χ4v) is 1.55. The molecule has 0 aromatic rings. The van der Waals surface area contributed by atoms with Crippen LogP contribution < -0.4 is 5.32 Å². The van der Waals surface area contributed by atoms with E-state index in [-0.39, 0.29) is 5.91 Å². The monoisotopic (exact) mass is 197 g/mol. The molecule has 0 radical (unpaired) electrons. The van der Waals surface area contributed by atoms with E-state index in [1.165, 1.54) is 0 Å². The van der Waals surface area contributed by atoms with Crippen molar-refractivity contribution in [1.82, 2.24) is 5.32 Å². The van der Waals surface area contributed by atoms with Gasteiger partial charge in [0.25, 0.3) is 0 Å². The summed E-state index contributed by atoms with van der Waals surface area (Å²) in [6.45, 7) is 8.73. The van der Waals surface area contributed by atoms with Crippen molar-refractivity contribution in [2.75, 3.05) is 6.54 Å². The lowest BCUT2D eigenvalue weighted by molar-refractivity contribution is -0.122.